The van der Waals surface area contributed by atoms with Gasteiger partial charge in [0.2, 0.25) is 5.91 Å². The highest BCUT2D eigenvalue weighted by atomic mass is 19.1. The monoisotopic (exact) mass is 457 g/mol. The highest BCUT2D eigenvalue weighted by Crippen LogP contribution is 2.26. The van der Waals surface area contributed by atoms with Crippen LogP contribution < -0.4 is 10.1 Å². The molecule has 0 saturated carbocycles. The topological polar surface area (TPSA) is 56.2 Å². The smallest absolute Gasteiger partial charge is 0.220 e. The molecule has 174 valence electrons. The molecule has 0 atom stereocenters. The number of halogens is 1. The van der Waals surface area contributed by atoms with Gasteiger partial charge in [0.1, 0.15) is 11.6 Å². The van der Waals surface area contributed by atoms with Gasteiger partial charge in [0.05, 0.1) is 24.2 Å². The highest BCUT2D eigenvalue weighted by molar-refractivity contribution is 5.76. The Balaban J connectivity index is 1.51. The molecular weight excluding hydrogens is 429 g/mol. The number of nitrogens with zero attached hydrogens (tertiary/aromatic N) is 2. The van der Waals surface area contributed by atoms with Crippen LogP contribution in [0.25, 0.3) is 16.9 Å². The molecule has 4 rings (SSSR count). The van der Waals surface area contributed by atoms with E-state index in [1.807, 2.05) is 50.2 Å². The molecule has 5 nitrogen and oxygen atoms in total. The number of amides is 1. The first kappa shape index (κ1) is 23.2. The number of hydrogen-bond donors (Lipinski definition) is 1. The number of aryl methyl sites for hydroxylation is 3. The van der Waals surface area contributed by atoms with Crippen molar-refractivity contribution in [3.8, 4) is 22.7 Å². The maximum absolute atomic E-state index is 13.9. The Morgan fingerprint density at radius 1 is 1.03 bits per heavy atom. The summed E-state index contributed by atoms with van der Waals surface area (Å²) in [6.45, 7) is 4.59. The third kappa shape index (κ3) is 5.52. The molecule has 0 aliphatic heterocycles. The number of nitrogens with one attached hydrogen (secondary N) is 1. The van der Waals surface area contributed by atoms with Crippen molar-refractivity contribution in [1.82, 2.24) is 15.1 Å². The summed E-state index contributed by atoms with van der Waals surface area (Å²) < 4.78 is 21.0. The van der Waals surface area contributed by atoms with Gasteiger partial charge in [-0.15, -0.1) is 0 Å². The fraction of sp³-hybridized carbons (Fsp3) is 0.214. The molecule has 0 fully saturated rings. The molecule has 6 heteroatoms. The van der Waals surface area contributed by atoms with Crippen LogP contribution in [0.4, 0.5) is 4.39 Å². The number of methoxy groups -OCH3 is 1. The molecule has 1 aromatic heterocycles. The van der Waals surface area contributed by atoms with Crippen LogP contribution in [-0.2, 0) is 17.8 Å². The van der Waals surface area contributed by atoms with Gasteiger partial charge in [-0.25, -0.2) is 9.07 Å². The Kier molecular flexibility index (Phi) is 7.07. The van der Waals surface area contributed by atoms with Crippen molar-refractivity contribution in [2.75, 3.05) is 7.11 Å². The quantitative estimate of drug-likeness (QED) is 0.377. The fourth-order valence-electron chi connectivity index (χ4n) is 3.84. The Bertz CT molecular complexity index is 1300. The van der Waals surface area contributed by atoms with Crippen molar-refractivity contribution in [3.05, 3.63) is 101 Å². The van der Waals surface area contributed by atoms with E-state index in [2.05, 4.69) is 23.5 Å². The third-order valence-electron chi connectivity index (χ3n) is 5.79. The summed E-state index contributed by atoms with van der Waals surface area (Å²) in [5.41, 5.74) is 6.50. The molecule has 34 heavy (non-hydrogen) atoms. The third-order valence-corrected chi connectivity index (χ3v) is 5.79. The summed E-state index contributed by atoms with van der Waals surface area (Å²) in [4.78, 5) is 12.5. The normalized spacial score (nSPS) is 10.8. The summed E-state index contributed by atoms with van der Waals surface area (Å²) in [6, 6.07) is 22.1. The second kappa shape index (κ2) is 10.3. The molecule has 1 heterocycles. The number of rotatable bonds is 8. The lowest BCUT2D eigenvalue weighted by Gasteiger charge is -2.09. The first-order valence-corrected chi connectivity index (χ1v) is 11.2. The summed E-state index contributed by atoms with van der Waals surface area (Å²) in [5, 5.41) is 7.74. The number of ether oxygens (including phenoxy) is 1. The first-order valence-electron chi connectivity index (χ1n) is 11.2. The molecule has 0 spiro atoms. The summed E-state index contributed by atoms with van der Waals surface area (Å²) in [5.74, 6) is 0.392. The number of carbonyl (C=O) groups is 1. The van der Waals surface area contributed by atoms with Crippen LogP contribution in [0.3, 0.4) is 0 Å². The van der Waals surface area contributed by atoms with Gasteiger partial charge in [0, 0.05) is 24.9 Å². The van der Waals surface area contributed by atoms with E-state index >= 15 is 0 Å². The van der Waals surface area contributed by atoms with E-state index in [4.69, 9.17) is 9.84 Å². The number of hydrogen-bond acceptors (Lipinski definition) is 3. The second-order valence-electron chi connectivity index (χ2n) is 8.35. The van der Waals surface area contributed by atoms with E-state index in [1.165, 1.54) is 17.7 Å². The zero-order chi connectivity index (χ0) is 24.1. The van der Waals surface area contributed by atoms with Crippen molar-refractivity contribution in [3.63, 3.8) is 0 Å². The SMILES string of the molecule is COc1ccc(-n2nc(CCC(=O)NCc3cc(C)ccc3C)cc2-c2cccc(F)c2)cc1. The van der Waals surface area contributed by atoms with Crippen molar-refractivity contribution < 1.29 is 13.9 Å². The van der Waals surface area contributed by atoms with Gasteiger partial charge in [-0.3, -0.25) is 4.79 Å². The zero-order valence-electron chi connectivity index (χ0n) is 19.6. The highest BCUT2D eigenvalue weighted by Gasteiger charge is 2.14. The van der Waals surface area contributed by atoms with Crippen molar-refractivity contribution in [2.45, 2.75) is 33.2 Å². The molecule has 0 aliphatic carbocycles. The Morgan fingerprint density at radius 3 is 2.56 bits per heavy atom. The van der Waals surface area contributed by atoms with Gasteiger partial charge in [0.25, 0.3) is 0 Å². The van der Waals surface area contributed by atoms with Crippen LogP contribution in [0.15, 0.2) is 72.8 Å². The predicted octanol–water partition coefficient (Wildman–Crippen LogP) is 5.55. The lowest BCUT2D eigenvalue weighted by Crippen LogP contribution is -2.23. The van der Waals surface area contributed by atoms with Gasteiger partial charge in [0.15, 0.2) is 0 Å². The number of benzene rings is 3. The van der Waals surface area contributed by atoms with Crippen LogP contribution in [0.1, 0.15) is 28.8 Å². The van der Waals surface area contributed by atoms with E-state index in [9.17, 15) is 9.18 Å². The average molecular weight is 458 g/mol. The molecule has 0 bridgehead atoms. The zero-order valence-corrected chi connectivity index (χ0v) is 19.6. The van der Waals surface area contributed by atoms with Gasteiger partial charge in [-0.2, -0.15) is 5.10 Å². The van der Waals surface area contributed by atoms with Gasteiger partial charge < -0.3 is 10.1 Å². The molecule has 0 aliphatic rings. The van der Waals surface area contributed by atoms with Crippen LogP contribution >= 0.6 is 0 Å². The van der Waals surface area contributed by atoms with Crippen molar-refractivity contribution in [1.29, 1.82) is 0 Å². The number of carbonyl (C=O) groups excluding carboxylic acids is 1. The lowest BCUT2D eigenvalue weighted by molar-refractivity contribution is -0.121. The van der Waals surface area contributed by atoms with E-state index in [1.54, 1.807) is 17.9 Å². The maximum atomic E-state index is 13.9. The van der Waals surface area contributed by atoms with Crippen molar-refractivity contribution in [2.24, 2.45) is 0 Å². The van der Waals surface area contributed by atoms with E-state index in [-0.39, 0.29) is 11.7 Å². The minimum atomic E-state index is -0.313. The average Bonchev–Trinajstić information content (AvgIpc) is 3.28. The van der Waals surface area contributed by atoms with E-state index in [0.29, 0.717) is 24.9 Å². The van der Waals surface area contributed by atoms with Crippen molar-refractivity contribution >= 4 is 5.91 Å². The van der Waals surface area contributed by atoms with Crippen LogP contribution in [0.2, 0.25) is 0 Å². The molecule has 4 aromatic rings. The maximum Gasteiger partial charge on any atom is 0.220 e. The molecular formula is C28H28FN3O2. The minimum Gasteiger partial charge on any atom is -0.497 e. The molecule has 1 amide bonds. The van der Waals surface area contributed by atoms with E-state index < -0.39 is 0 Å². The molecule has 0 radical (unpaired) electrons. The minimum absolute atomic E-state index is 0.0350. The second-order valence-corrected chi connectivity index (χ2v) is 8.35. The van der Waals surface area contributed by atoms with Crippen LogP contribution in [0, 0.1) is 19.7 Å². The molecule has 0 saturated heterocycles. The Labute approximate surface area is 199 Å². The largest absolute Gasteiger partial charge is 0.497 e. The molecule has 1 N–H and O–H groups in total. The lowest BCUT2D eigenvalue weighted by atomic mass is 10.1. The molecule has 0 unspecified atom stereocenters. The summed E-state index contributed by atoms with van der Waals surface area (Å²) >= 11 is 0. The van der Waals surface area contributed by atoms with Crippen LogP contribution in [-0.4, -0.2) is 22.8 Å². The fourth-order valence-corrected chi connectivity index (χ4v) is 3.84. The molecule has 3 aromatic carbocycles. The Morgan fingerprint density at radius 2 is 1.82 bits per heavy atom. The standard InChI is InChI=1S/C28H28FN3O2/c1-19-7-8-20(2)22(15-19)18-30-28(33)14-9-24-17-27(21-5-4-6-23(29)16-21)32(31-24)25-10-12-26(34-3)13-11-25/h4-8,10-13,15-17H,9,14,18H2,1-3H3,(H,30,33). The predicted molar refractivity (Wildman–Crippen MR) is 132 cm³/mol. The summed E-state index contributed by atoms with van der Waals surface area (Å²) in [6.07, 6.45) is 0.789. The van der Waals surface area contributed by atoms with E-state index in [0.717, 1.165) is 34.0 Å². The van der Waals surface area contributed by atoms with Gasteiger partial charge in [-0.1, -0.05) is 35.9 Å². The summed E-state index contributed by atoms with van der Waals surface area (Å²) in [7, 11) is 1.62. The van der Waals surface area contributed by atoms with Gasteiger partial charge >= 0.3 is 0 Å². The number of aromatic nitrogens is 2. The van der Waals surface area contributed by atoms with Crippen LogP contribution in [0.5, 0.6) is 5.75 Å². The van der Waals surface area contributed by atoms with Gasteiger partial charge in [-0.05, 0) is 67.4 Å². The first-order chi connectivity index (χ1) is 16.4. The Hall–Kier alpha value is -3.93.